The SMILES string of the molecule is CCCCOC(=O)c1cccc(N2C(=O)C(Cl)=C(Nc3ccc(C(=O)Nc4cccc(Cl)c4Cl)cc3)C2=O)c1. The normalized spacial score (nSPS) is 13.1. The molecule has 4 rings (SSSR count). The largest absolute Gasteiger partial charge is 0.462 e. The minimum atomic E-state index is -0.741. The summed E-state index contributed by atoms with van der Waals surface area (Å²) in [5, 5.41) is 5.75. The summed E-state index contributed by atoms with van der Waals surface area (Å²) in [6.07, 6.45) is 1.60. The van der Waals surface area contributed by atoms with Gasteiger partial charge in [-0.1, -0.05) is 60.3 Å². The Morgan fingerprint density at radius 2 is 1.62 bits per heavy atom. The molecule has 3 aromatic carbocycles. The quantitative estimate of drug-likeness (QED) is 0.165. The highest BCUT2D eigenvalue weighted by Crippen LogP contribution is 2.32. The van der Waals surface area contributed by atoms with Gasteiger partial charge in [0.2, 0.25) is 0 Å². The van der Waals surface area contributed by atoms with Gasteiger partial charge in [0.05, 0.1) is 33.6 Å². The smallest absolute Gasteiger partial charge is 0.338 e. The van der Waals surface area contributed by atoms with Gasteiger partial charge in [0, 0.05) is 11.3 Å². The Morgan fingerprint density at radius 3 is 2.33 bits per heavy atom. The van der Waals surface area contributed by atoms with Crippen LogP contribution < -0.4 is 15.5 Å². The van der Waals surface area contributed by atoms with E-state index in [1.807, 2.05) is 6.92 Å². The number of benzene rings is 3. The molecule has 39 heavy (non-hydrogen) atoms. The van der Waals surface area contributed by atoms with Gasteiger partial charge in [-0.15, -0.1) is 0 Å². The number of hydrogen-bond acceptors (Lipinski definition) is 6. The maximum Gasteiger partial charge on any atom is 0.338 e. The summed E-state index contributed by atoms with van der Waals surface area (Å²) in [5.74, 6) is -2.41. The van der Waals surface area contributed by atoms with Gasteiger partial charge in [0.15, 0.2) is 0 Å². The number of rotatable bonds is 9. The van der Waals surface area contributed by atoms with Gasteiger partial charge >= 0.3 is 5.97 Å². The van der Waals surface area contributed by atoms with E-state index in [1.165, 1.54) is 30.3 Å². The Morgan fingerprint density at radius 1 is 0.897 bits per heavy atom. The van der Waals surface area contributed by atoms with Gasteiger partial charge in [-0.05, 0) is 61.0 Å². The van der Waals surface area contributed by atoms with E-state index in [9.17, 15) is 19.2 Å². The van der Waals surface area contributed by atoms with Crippen LogP contribution in [-0.2, 0) is 14.3 Å². The van der Waals surface area contributed by atoms with Crippen LogP contribution in [0.2, 0.25) is 10.0 Å². The fourth-order valence-corrected chi connectivity index (χ4v) is 4.21. The molecule has 0 fully saturated rings. The molecule has 8 nitrogen and oxygen atoms in total. The lowest BCUT2D eigenvalue weighted by Crippen LogP contribution is -2.32. The molecule has 200 valence electrons. The van der Waals surface area contributed by atoms with Crippen LogP contribution in [0.25, 0.3) is 0 Å². The van der Waals surface area contributed by atoms with E-state index >= 15 is 0 Å². The molecular weight excluding hydrogens is 565 g/mol. The molecule has 3 amide bonds. The second kappa shape index (κ2) is 12.3. The highest BCUT2D eigenvalue weighted by molar-refractivity contribution is 6.53. The summed E-state index contributed by atoms with van der Waals surface area (Å²) in [4.78, 5) is 51.9. The Bertz CT molecular complexity index is 1490. The molecule has 0 saturated heterocycles. The summed E-state index contributed by atoms with van der Waals surface area (Å²) in [5.41, 5.74) is 1.33. The van der Waals surface area contributed by atoms with Crippen molar-refractivity contribution in [2.75, 3.05) is 22.1 Å². The number of carbonyl (C=O) groups is 4. The van der Waals surface area contributed by atoms with E-state index in [0.29, 0.717) is 22.0 Å². The maximum atomic E-state index is 13.2. The molecule has 0 radical (unpaired) electrons. The molecule has 0 bridgehead atoms. The minimum absolute atomic E-state index is 0.138. The molecule has 0 atom stereocenters. The highest BCUT2D eigenvalue weighted by atomic mass is 35.5. The van der Waals surface area contributed by atoms with Crippen LogP contribution in [-0.4, -0.2) is 30.3 Å². The topological polar surface area (TPSA) is 105 Å². The number of nitrogens with one attached hydrogen (secondary N) is 2. The third-order valence-corrected chi connectivity index (χ3v) is 6.88. The van der Waals surface area contributed by atoms with E-state index in [-0.39, 0.29) is 33.6 Å². The number of imide groups is 1. The molecule has 0 saturated carbocycles. The van der Waals surface area contributed by atoms with Crippen LogP contribution in [0.3, 0.4) is 0 Å². The Kier molecular flexibility index (Phi) is 8.91. The Hall–Kier alpha value is -3.85. The molecule has 0 aliphatic carbocycles. The molecule has 0 unspecified atom stereocenters. The van der Waals surface area contributed by atoms with Crippen molar-refractivity contribution in [3.63, 3.8) is 0 Å². The van der Waals surface area contributed by atoms with Crippen molar-refractivity contribution in [3.05, 3.63) is 98.6 Å². The van der Waals surface area contributed by atoms with Crippen molar-refractivity contribution >= 4 is 75.6 Å². The number of nitrogens with zero attached hydrogens (tertiary/aromatic N) is 1. The molecule has 3 aromatic rings. The lowest BCUT2D eigenvalue weighted by molar-refractivity contribution is -0.120. The van der Waals surface area contributed by atoms with Gasteiger partial charge in [0.25, 0.3) is 17.7 Å². The van der Waals surface area contributed by atoms with Crippen molar-refractivity contribution in [3.8, 4) is 0 Å². The molecule has 1 heterocycles. The summed E-state index contributed by atoms with van der Waals surface area (Å²) < 4.78 is 5.21. The van der Waals surface area contributed by atoms with Crippen LogP contribution in [0.5, 0.6) is 0 Å². The molecule has 2 N–H and O–H groups in total. The van der Waals surface area contributed by atoms with Gasteiger partial charge in [0.1, 0.15) is 10.7 Å². The van der Waals surface area contributed by atoms with Crippen molar-refractivity contribution in [1.82, 2.24) is 0 Å². The third-order valence-electron chi connectivity index (χ3n) is 5.71. The first-order valence-electron chi connectivity index (χ1n) is 11.9. The number of anilines is 3. The van der Waals surface area contributed by atoms with Crippen molar-refractivity contribution in [2.24, 2.45) is 0 Å². The van der Waals surface area contributed by atoms with Gasteiger partial charge in [-0.2, -0.15) is 0 Å². The number of amides is 3. The second-order valence-corrected chi connectivity index (χ2v) is 9.60. The van der Waals surface area contributed by atoms with Crippen LogP contribution in [0, 0.1) is 0 Å². The number of ether oxygens (including phenoxy) is 1. The predicted molar refractivity (Wildman–Crippen MR) is 151 cm³/mol. The first-order chi connectivity index (χ1) is 18.7. The van der Waals surface area contributed by atoms with E-state index in [0.717, 1.165) is 17.7 Å². The van der Waals surface area contributed by atoms with Crippen molar-refractivity contribution < 1.29 is 23.9 Å². The fraction of sp³-hybridized carbons (Fsp3) is 0.143. The summed E-state index contributed by atoms with van der Waals surface area (Å²) >= 11 is 18.4. The number of halogens is 3. The molecule has 11 heteroatoms. The van der Waals surface area contributed by atoms with E-state index < -0.39 is 23.7 Å². The van der Waals surface area contributed by atoms with Crippen LogP contribution in [0.4, 0.5) is 17.1 Å². The molecule has 1 aliphatic heterocycles. The fourth-order valence-electron chi connectivity index (χ4n) is 3.65. The second-order valence-electron chi connectivity index (χ2n) is 8.43. The zero-order valence-corrected chi connectivity index (χ0v) is 22.9. The van der Waals surface area contributed by atoms with Crippen molar-refractivity contribution in [1.29, 1.82) is 0 Å². The zero-order chi connectivity index (χ0) is 28.1. The van der Waals surface area contributed by atoms with Crippen LogP contribution in [0.1, 0.15) is 40.5 Å². The number of unbranched alkanes of at least 4 members (excludes halogenated alkanes) is 1. The third kappa shape index (κ3) is 6.25. The lowest BCUT2D eigenvalue weighted by atomic mass is 10.1. The first-order valence-corrected chi connectivity index (χ1v) is 13.0. The van der Waals surface area contributed by atoms with Gasteiger partial charge in [-0.3, -0.25) is 14.4 Å². The monoisotopic (exact) mass is 585 g/mol. The van der Waals surface area contributed by atoms with E-state index in [1.54, 1.807) is 36.4 Å². The predicted octanol–water partition coefficient (Wildman–Crippen LogP) is 6.64. The molecule has 1 aliphatic rings. The molecule has 0 aromatic heterocycles. The standard InChI is InChI=1S/C28H22Cl3N3O5/c1-2-3-14-39-28(38)17-6-4-7-19(15-17)34-26(36)23(31)24(27(34)37)32-18-12-10-16(11-13-18)25(35)33-21-9-5-8-20(29)22(21)30/h4-13,15,32H,2-3,14H2,1H3,(H,33,35). The minimum Gasteiger partial charge on any atom is -0.462 e. The number of hydrogen-bond donors (Lipinski definition) is 2. The summed E-state index contributed by atoms with van der Waals surface area (Å²) in [6, 6.07) is 17.0. The van der Waals surface area contributed by atoms with Crippen molar-refractivity contribution in [2.45, 2.75) is 19.8 Å². The maximum absolute atomic E-state index is 13.2. The summed E-state index contributed by atoms with van der Waals surface area (Å²) in [6.45, 7) is 2.25. The average molecular weight is 587 g/mol. The van der Waals surface area contributed by atoms with E-state index in [4.69, 9.17) is 39.5 Å². The number of esters is 1. The van der Waals surface area contributed by atoms with Gasteiger partial charge < -0.3 is 15.4 Å². The highest BCUT2D eigenvalue weighted by Gasteiger charge is 2.39. The van der Waals surface area contributed by atoms with E-state index in [2.05, 4.69) is 10.6 Å². The number of carbonyl (C=O) groups excluding carboxylic acids is 4. The van der Waals surface area contributed by atoms with Crippen LogP contribution >= 0.6 is 34.8 Å². The Balaban J connectivity index is 1.46. The van der Waals surface area contributed by atoms with Gasteiger partial charge in [-0.25, -0.2) is 9.69 Å². The average Bonchev–Trinajstić information content (AvgIpc) is 3.14. The Labute approximate surface area is 239 Å². The lowest BCUT2D eigenvalue weighted by Gasteiger charge is -2.16. The summed E-state index contributed by atoms with van der Waals surface area (Å²) in [7, 11) is 0. The van der Waals surface area contributed by atoms with Crippen LogP contribution in [0.15, 0.2) is 77.5 Å². The molecule has 0 spiro atoms. The zero-order valence-electron chi connectivity index (χ0n) is 20.6. The molecular formula is C28H22Cl3N3O5. The first kappa shape index (κ1) is 28.2.